The van der Waals surface area contributed by atoms with Gasteiger partial charge in [-0.15, -0.1) is 0 Å². The number of rotatable bonds is 7. The highest BCUT2D eigenvalue weighted by atomic mass is 16.3. The molecule has 4 N–H and O–H groups in total. The van der Waals surface area contributed by atoms with E-state index in [1.807, 2.05) is 43.3 Å². The lowest BCUT2D eigenvalue weighted by atomic mass is 10.0. The van der Waals surface area contributed by atoms with Crippen LogP contribution < -0.4 is 16.0 Å². The topological polar surface area (TPSA) is 103 Å². The Morgan fingerprint density at radius 2 is 1.77 bits per heavy atom. The van der Waals surface area contributed by atoms with Gasteiger partial charge in [0.15, 0.2) is 0 Å². The van der Waals surface area contributed by atoms with Crippen molar-refractivity contribution in [2.24, 2.45) is 0 Å². The van der Waals surface area contributed by atoms with E-state index in [2.05, 4.69) is 20.9 Å². The number of hydrogen-bond donors (Lipinski definition) is 4. The maximum Gasteiger partial charge on any atom is 0.315 e. The van der Waals surface area contributed by atoms with E-state index in [0.29, 0.717) is 17.8 Å². The number of aliphatic hydroxyl groups is 1. The largest absolute Gasteiger partial charge is 0.387 e. The zero-order chi connectivity index (χ0) is 21.3. The maximum atomic E-state index is 12.1. The minimum atomic E-state index is -0.764. The third-order valence-electron chi connectivity index (χ3n) is 4.59. The number of benzene rings is 2. The van der Waals surface area contributed by atoms with Gasteiger partial charge in [0.1, 0.15) is 0 Å². The van der Waals surface area contributed by atoms with Crippen molar-refractivity contribution in [3.63, 3.8) is 0 Å². The number of urea groups is 1. The molecule has 0 spiro atoms. The van der Waals surface area contributed by atoms with E-state index in [1.165, 1.54) is 6.20 Å². The average molecular weight is 404 g/mol. The number of nitrogens with one attached hydrogen (secondary N) is 3. The normalized spacial score (nSPS) is 11.4. The van der Waals surface area contributed by atoms with Gasteiger partial charge in [-0.1, -0.05) is 36.4 Å². The van der Waals surface area contributed by atoms with Crippen LogP contribution in [0, 0.1) is 6.92 Å². The number of carbonyl (C=O) groups excluding carboxylic acids is 2. The van der Waals surface area contributed by atoms with Crippen LogP contribution >= 0.6 is 0 Å². The fraction of sp³-hybridized carbons (Fsp3) is 0.174. The summed E-state index contributed by atoms with van der Waals surface area (Å²) in [7, 11) is 0. The predicted octanol–water partition coefficient (Wildman–Crippen LogP) is 3.18. The molecular formula is C23H24N4O3. The Morgan fingerprint density at radius 3 is 2.47 bits per heavy atom. The lowest BCUT2D eigenvalue weighted by Gasteiger charge is -2.15. The van der Waals surface area contributed by atoms with Crippen LogP contribution in [0.5, 0.6) is 0 Å². The number of nitrogens with zero attached hydrogens (tertiary/aromatic N) is 1. The summed E-state index contributed by atoms with van der Waals surface area (Å²) < 4.78 is 0. The van der Waals surface area contributed by atoms with Crippen LogP contribution in [0.25, 0.3) is 0 Å². The Balaban J connectivity index is 1.44. The smallest absolute Gasteiger partial charge is 0.315 e. The van der Waals surface area contributed by atoms with E-state index >= 15 is 0 Å². The third-order valence-corrected chi connectivity index (χ3v) is 4.59. The van der Waals surface area contributed by atoms with Crippen molar-refractivity contribution in [1.82, 2.24) is 15.6 Å². The second kappa shape index (κ2) is 10.2. The number of aryl methyl sites for hydroxylation is 1. The van der Waals surface area contributed by atoms with Crippen LogP contribution in [-0.4, -0.2) is 28.6 Å². The lowest BCUT2D eigenvalue weighted by molar-refractivity contribution is 0.102. The summed E-state index contributed by atoms with van der Waals surface area (Å²) in [4.78, 5) is 28.1. The molecule has 2 aromatic carbocycles. The van der Waals surface area contributed by atoms with Gasteiger partial charge in [-0.2, -0.15) is 0 Å². The minimum Gasteiger partial charge on any atom is -0.387 e. The molecule has 0 aliphatic carbocycles. The first-order valence-corrected chi connectivity index (χ1v) is 9.58. The van der Waals surface area contributed by atoms with Gasteiger partial charge in [0.05, 0.1) is 11.7 Å². The fourth-order valence-corrected chi connectivity index (χ4v) is 2.91. The molecule has 0 fully saturated rings. The number of aromatic nitrogens is 1. The van der Waals surface area contributed by atoms with Crippen LogP contribution in [0.3, 0.4) is 0 Å². The van der Waals surface area contributed by atoms with Gasteiger partial charge in [-0.05, 0) is 47.9 Å². The van der Waals surface area contributed by atoms with E-state index in [-0.39, 0.29) is 18.5 Å². The molecule has 1 unspecified atom stereocenters. The number of carbonyl (C=O) groups is 2. The maximum absolute atomic E-state index is 12.1. The molecule has 0 radical (unpaired) electrons. The zero-order valence-electron chi connectivity index (χ0n) is 16.6. The molecule has 0 saturated heterocycles. The van der Waals surface area contributed by atoms with Crippen LogP contribution in [0.4, 0.5) is 10.5 Å². The van der Waals surface area contributed by atoms with Crippen molar-refractivity contribution in [3.05, 3.63) is 95.3 Å². The van der Waals surface area contributed by atoms with Crippen LogP contribution in [-0.2, 0) is 6.54 Å². The molecule has 0 bridgehead atoms. The number of anilines is 1. The van der Waals surface area contributed by atoms with Gasteiger partial charge in [-0.25, -0.2) is 4.79 Å². The first-order valence-electron chi connectivity index (χ1n) is 9.58. The van der Waals surface area contributed by atoms with Crippen LogP contribution in [0.1, 0.15) is 33.2 Å². The van der Waals surface area contributed by atoms with Crippen molar-refractivity contribution in [2.75, 3.05) is 11.9 Å². The Kier molecular flexibility index (Phi) is 7.13. The van der Waals surface area contributed by atoms with E-state index in [9.17, 15) is 14.7 Å². The summed E-state index contributed by atoms with van der Waals surface area (Å²) >= 11 is 0. The van der Waals surface area contributed by atoms with Crippen molar-refractivity contribution in [3.8, 4) is 0 Å². The summed E-state index contributed by atoms with van der Waals surface area (Å²) in [5.74, 6) is -0.236. The quantitative estimate of drug-likeness (QED) is 0.486. The molecule has 3 aromatic rings. The summed E-state index contributed by atoms with van der Waals surface area (Å²) in [6.07, 6.45) is 2.35. The molecular weight excluding hydrogens is 380 g/mol. The average Bonchev–Trinajstić information content (AvgIpc) is 2.78. The first-order chi connectivity index (χ1) is 14.5. The highest BCUT2D eigenvalue weighted by Gasteiger charge is 2.11. The lowest BCUT2D eigenvalue weighted by Crippen LogP contribution is -2.37. The summed E-state index contributed by atoms with van der Waals surface area (Å²) in [5.41, 5.74) is 3.78. The molecule has 30 heavy (non-hydrogen) atoms. The molecule has 3 rings (SSSR count). The summed E-state index contributed by atoms with van der Waals surface area (Å²) in [5, 5.41) is 18.5. The molecule has 7 nitrogen and oxygen atoms in total. The SMILES string of the molecule is Cc1ccccc1C(O)CNC(=O)NCc1ccc(NC(=O)c2cccnc2)cc1. The molecule has 3 amide bonds. The molecule has 1 atom stereocenters. The van der Waals surface area contributed by atoms with Crippen molar-refractivity contribution < 1.29 is 14.7 Å². The third kappa shape index (κ3) is 5.89. The number of amides is 3. The molecule has 0 saturated carbocycles. The van der Waals surface area contributed by atoms with Crippen molar-refractivity contribution >= 4 is 17.6 Å². The van der Waals surface area contributed by atoms with Gasteiger partial charge in [0.2, 0.25) is 0 Å². The summed E-state index contributed by atoms with van der Waals surface area (Å²) in [6.45, 7) is 2.36. The molecule has 154 valence electrons. The molecule has 1 aromatic heterocycles. The standard InChI is InChI=1S/C23H24N4O3/c1-16-5-2-3-7-20(16)21(28)15-26-23(30)25-13-17-8-10-19(11-9-17)27-22(29)18-6-4-12-24-14-18/h2-12,14,21,28H,13,15H2,1H3,(H,27,29)(H2,25,26,30). The first kappa shape index (κ1) is 21.0. The Morgan fingerprint density at radius 1 is 1.00 bits per heavy atom. The Bertz CT molecular complexity index is 991. The van der Waals surface area contributed by atoms with Crippen LogP contribution in [0.2, 0.25) is 0 Å². The van der Waals surface area contributed by atoms with E-state index < -0.39 is 6.10 Å². The number of aliphatic hydroxyl groups excluding tert-OH is 1. The second-order valence-corrected chi connectivity index (χ2v) is 6.83. The van der Waals surface area contributed by atoms with E-state index in [1.54, 1.807) is 30.5 Å². The minimum absolute atomic E-state index is 0.121. The zero-order valence-corrected chi connectivity index (χ0v) is 16.6. The van der Waals surface area contributed by atoms with Crippen molar-refractivity contribution in [2.45, 2.75) is 19.6 Å². The van der Waals surface area contributed by atoms with Gasteiger partial charge >= 0.3 is 6.03 Å². The molecule has 0 aliphatic heterocycles. The second-order valence-electron chi connectivity index (χ2n) is 6.83. The van der Waals surface area contributed by atoms with E-state index in [0.717, 1.165) is 16.7 Å². The monoisotopic (exact) mass is 404 g/mol. The Hall–Kier alpha value is -3.71. The van der Waals surface area contributed by atoms with Crippen LogP contribution in [0.15, 0.2) is 73.1 Å². The molecule has 0 aliphatic rings. The van der Waals surface area contributed by atoms with Gasteiger partial charge in [0.25, 0.3) is 5.91 Å². The van der Waals surface area contributed by atoms with Gasteiger partial charge < -0.3 is 21.1 Å². The molecule has 1 heterocycles. The van der Waals surface area contributed by atoms with Crippen molar-refractivity contribution in [1.29, 1.82) is 0 Å². The van der Waals surface area contributed by atoms with E-state index in [4.69, 9.17) is 0 Å². The highest BCUT2D eigenvalue weighted by Crippen LogP contribution is 2.16. The highest BCUT2D eigenvalue weighted by molar-refractivity contribution is 6.04. The summed E-state index contributed by atoms with van der Waals surface area (Å²) in [6, 6.07) is 17.7. The number of hydrogen-bond acceptors (Lipinski definition) is 4. The fourth-order valence-electron chi connectivity index (χ4n) is 2.91. The molecule has 7 heteroatoms. The van der Waals surface area contributed by atoms with Gasteiger partial charge in [0, 0.05) is 31.2 Å². The predicted molar refractivity (Wildman–Crippen MR) is 115 cm³/mol. The number of pyridine rings is 1. The van der Waals surface area contributed by atoms with Gasteiger partial charge in [-0.3, -0.25) is 9.78 Å². The Labute approximate surface area is 175 Å².